The molecule has 0 unspecified atom stereocenters. The molecule has 0 fully saturated rings. The van der Waals surface area contributed by atoms with Gasteiger partial charge in [-0.3, -0.25) is 4.79 Å². The lowest BCUT2D eigenvalue weighted by atomic mass is 10.2. The molecule has 26 heavy (non-hydrogen) atoms. The highest BCUT2D eigenvalue weighted by Gasteiger charge is 2.12. The molecule has 1 aromatic heterocycles. The highest BCUT2D eigenvalue weighted by molar-refractivity contribution is 7.13. The molecular formula is C20H19N3O2S. The van der Waals surface area contributed by atoms with Crippen LogP contribution < -0.4 is 10.2 Å². The average molecular weight is 365 g/mol. The van der Waals surface area contributed by atoms with E-state index in [0.717, 1.165) is 27.6 Å². The van der Waals surface area contributed by atoms with Crippen molar-refractivity contribution in [2.75, 3.05) is 0 Å². The number of aromatic nitrogens is 1. The topological polar surface area (TPSA) is 63.6 Å². The van der Waals surface area contributed by atoms with Crippen molar-refractivity contribution in [3.8, 4) is 5.75 Å². The first kappa shape index (κ1) is 17.8. The molecule has 0 atom stereocenters. The largest absolute Gasteiger partial charge is 0.489 e. The van der Waals surface area contributed by atoms with Gasteiger partial charge in [0.2, 0.25) is 0 Å². The van der Waals surface area contributed by atoms with E-state index in [2.05, 4.69) is 15.5 Å². The lowest BCUT2D eigenvalue weighted by Crippen LogP contribution is -2.17. The zero-order valence-electron chi connectivity index (χ0n) is 14.6. The summed E-state index contributed by atoms with van der Waals surface area (Å²) >= 11 is 1.36. The Morgan fingerprint density at radius 3 is 2.73 bits per heavy atom. The van der Waals surface area contributed by atoms with Crippen LogP contribution >= 0.6 is 11.3 Å². The molecule has 0 saturated carbocycles. The number of ether oxygens (including phenoxy) is 1. The smallest absolute Gasteiger partial charge is 0.283 e. The van der Waals surface area contributed by atoms with Crippen LogP contribution in [0.25, 0.3) is 0 Å². The SMILES string of the molecule is Cc1nc(C)c(C(=O)N/N=C/c2cccc(OCc3ccccc3)c2)s1. The Labute approximate surface area is 156 Å². The van der Waals surface area contributed by atoms with Crippen molar-refractivity contribution in [3.05, 3.63) is 81.3 Å². The molecule has 132 valence electrons. The molecule has 0 saturated heterocycles. The number of benzene rings is 2. The van der Waals surface area contributed by atoms with Gasteiger partial charge in [0.05, 0.1) is 16.9 Å². The Kier molecular flexibility index (Phi) is 5.76. The third-order valence-electron chi connectivity index (χ3n) is 3.60. The van der Waals surface area contributed by atoms with Gasteiger partial charge in [-0.2, -0.15) is 5.10 Å². The fraction of sp³-hybridized carbons (Fsp3) is 0.150. The summed E-state index contributed by atoms with van der Waals surface area (Å²) < 4.78 is 5.79. The maximum Gasteiger partial charge on any atom is 0.283 e. The minimum atomic E-state index is -0.249. The number of hydrogen-bond donors (Lipinski definition) is 1. The minimum Gasteiger partial charge on any atom is -0.489 e. The molecule has 0 spiro atoms. The Balaban J connectivity index is 1.58. The number of hydrogen-bond acceptors (Lipinski definition) is 5. The highest BCUT2D eigenvalue weighted by Crippen LogP contribution is 2.17. The van der Waals surface area contributed by atoms with Crippen molar-refractivity contribution in [1.82, 2.24) is 10.4 Å². The van der Waals surface area contributed by atoms with Gasteiger partial charge in [0.15, 0.2) is 0 Å². The number of hydrazone groups is 1. The van der Waals surface area contributed by atoms with Crippen molar-refractivity contribution in [2.24, 2.45) is 5.10 Å². The molecule has 2 aromatic carbocycles. The molecule has 5 nitrogen and oxygen atoms in total. The normalized spacial score (nSPS) is 10.8. The number of carbonyl (C=O) groups excluding carboxylic acids is 1. The van der Waals surface area contributed by atoms with Crippen molar-refractivity contribution in [3.63, 3.8) is 0 Å². The summed E-state index contributed by atoms with van der Waals surface area (Å²) in [6.45, 7) is 4.19. The quantitative estimate of drug-likeness (QED) is 0.528. The Bertz CT molecular complexity index is 920. The van der Waals surface area contributed by atoms with E-state index in [4.69, 9.17) is 4.74 Å². The Morgan fingerprint density at radius 2 is 2.00 bits per heavy atom. The number of aryl methyl sites for hydroxylation is 2. The van der Waals surface area contributed by atoms with E-state index in [0.29, 0.717) is 11.5 Å². The first-order chi connectivity index (χ1) is 12.6. The van der Waals surface area contributed by atoms with Gasteiger partial charge in [-0.15, -0.1) is 11.3 Å². The van der Waals surface area contributed by atoms with E-state index >= 15 is 0 Å². The van der Waals surface area contributed by atoms with Gasteiger partial charge in [-0.05, 0) is 37.1 Å². The number of nitrogens with zero attached hydrogens (tertiary/aromatic N) is 2. The van der Waals surface area contributed by atoms with Crippen molar-refractivity contribution >= 4 is 23.5 Å². The maximum atomic E-state index is 12.1. The van der Waals surface area contributed by atoms with Crippen LogP contribution in [-0.4, -0.2) is 17.1 Å². The van der Waals surface area contributed by atoms with Crippen LogP contribution in [-0.2, 0) is 6.61 Å². The summed E-state index contributed by atoms with van der Waals surface area (Å²) in [5, 5.41) is 4.89. The summed E-state index contributed by atoms with van der Waals surface area (Å²) in [5.74, 6) is 0.499. The number of carbonyl (C=O) groups is 1. The molecule has 0 bridgehead atoms. The predicted molar refractivity (Wildman–Crippen MR) is 104 cm³/mol. The van der Waals surface area contributed by atoms with E-state index in [-0.39, 0.29) is 5.91 Å². The maximum absolute atomic E-state index is 12.1. The molecule has 0 aliphatic rings. The lowest BCUT2D eigenvalue weighted by molar-refractivity contribution is 0.0958. The van der Waals surface area contributed by atoms with E-state index in [9.17, 15) is 4.79 Å². The third kappa shape index (κ3) is 4.77. The molecular weight excluding hydrogens is 346 g/mol. The van der Waals surface area contributed by atoms with Crippen molar-refractivity contribution in [1.29, 1.82) is 0 Å². The minimum absolute atomic E-state index is 0.249. The summed E-state index contributed by atoms with van der Waals surface area (Å²) in [7, 11) is 0. The third-order valence-corrected chi connectivity index (χ3v) is 4.67. The van der Waals surface area contributed by atoms with Gasteiger partial charge in [-0.1, -0.05) is 42.5 Å². The second-order valence-electron chi connectivity index (χ2n) is 5.69. The molecule has 0 radical (unpaired) electrons. The van der Waals surface area contributed by atoms with Crippen molar-refractivity contribution < 1.29 is 9.53 Å². The molecule has 1 N–H and O–H groups in total. The number of nitrogens with one attached hydrogen (secondary N) is 1. The molecule has 1 amide bonds. The van der Waals surface area contributed by atoms with E-state index in [1.54, 1.807) is 6.21 Å². The molecule has 3 rings (SSSR count). The first-order valence-corrected chi connectivity index (χ1v) is 8.97. The van der Waals surface area contributed by atoms with Crippen molar-refractivity contribution in [2.45, 2.75) is 20.5 Å². The fourth-order valence-electron chi connectivity index (χ4n) is 2.38. The number of rotatable bonds is 6. The van der Waals surface area contributed by atoms with Gasteiger partial charge < -0.3 is 4.74 Å². The highest BCUT2D eigenvalue weighted by atomic mass is 32.1. The van der Waals surface area contributed by atoms with Crippen LogP contribution in [0.15, 0.2) is 59.7 Å². The van der Waals surface area contributed by atoms with Crippen LogP contribution in [0, 0.1) is 13.8 Å². The van der Waals surface area contributed by atoms with Crippen LogP contribution in [0.4, 0.5) is 0 Å². The second-order valence-corrected chi connectivity index (χ2v) is 6.90. The predicted octanol–water partition coefficient (Wildman–Crippen LogP) is 4.10. The standard InChI is InChI=1S/C20H19N3O2S/c1-14-19(26-15(2)22-14)20(24)23-21-12-17-9-6-10-18(11-17)25-13-16-7-4-3-5-8-16/h3-12H,13H2,1-2H3,(H,23,24)/b21-12+. The molecule has 0 aliphatic heterocycles. The van der Waals surface area contributed by atoms with Gasteiger partial charge in [0, 0.05) is 0 Å². The van der Waals surface area contributed by atoms with Crippen LogP contribution in [0.5, 0.6) is 5.75 Å². The van der Waals surface area contributed by atoms with Gasteiger partial charge in [0.25, 0.3) is 5.91 Å². The van der Waals surface area contributed by atoms with E-state index in [1.807, 2.05) is 68.4 Å². The van der Waals surface area contributed by atoms with E-state index < -0.39 is 0 Å². The van der Waals surface area contributed by atoms with Crippen LogP contribution in [0.1, 0.15) is 31.5 Å². The van der Waals surface area contributed by atoms with Crippen LogP contribution in [0.2, 0.25) is 0 Å². The number of thiazole rings is 1. The zero-order chi connectivity index (χ0) is 18.4. The zero-order valence-corrected chi connectivity index (χ0v) is 15.4. The molecule has 6 heteroatoms. The average Bonchev–Trinajstić information content (AvgIpc) is 2.99. The molecule has 0 aliphatic carbocycles. The van der Waals surface area contributed by atoms with Crippen LogP contribution in [0.3, 0.4) is 0 Å². The second kappa shape index (κ2) is 8.40. The number of amides is 1. The van der Waals surface area contributed by atoms with Gasteiger partial charge >= 0.3 is 0 Å². The molecule has 1 heterocycles. The lowest BCUT2D eigenvalue weighted by Gasteiger charge is -2.06. The Morgan fingerprint density at radius 1 is 1.19 bits per heavy atom. The fourth-order valence-corrected chi connectivity index (χ4v) is 3.19. The first-order valence-electron chi connectivity index (χ1n) is 8.16. The van der Waals surface area contributed by atoms with Gasteiger partial charge in [-0.25, -0.2) is 10.4 Å². The summed E-state index contributed by atoms with van der Waals surface area (Å²) in [5.41, 5.74) is 5.20. The Hall–Kier alpha value is -2.99. The monoisotopic (exact) mass is 365 g/mol. The summed E-state index contributed by atoms with van der Waals surface area (Å²) in [6.07, 6.45) is 1.59. The van der Waals surface area contributed by atoms with E-state index in [1.165, 1.54) is 11.3 Å². The molecule has 3 aromatic rings. The summed E-state index contributed by atoms with van der Waals surface area (Å²) in [6, 6.07) is 17.5. The summed E-state index contributed by atoms with van der Waals surface area (Å²) in [4.78, 5) is 16.9. The van der Waals surface area contributed by atoms with Gasteiger partial charge in [0.1, 0.15) is 17.2 Å².